The first kappa shape index (κ1) is 20.0. The number of nitrogens with one attached hydrogen (secondary N) is 1. The molecular weight excluding hydrogens is 380 g/mol. The normalized spacial score (nSPS) is 16.5. The van der Waals surface area contributed by atoms with Gasteiger partial charge in [-0.25, -0.2) is 0 Å². The average molecular weight is 411 g/mol. The van der Waals surface area contributed by atoms with E-state index in [0.717, 1.165) is 44.5 Å². The number of hydrogen-bond acceptors (Lipinski definition) is 2. The Bertz CT molecular complexity index is 1110. The lowest BCUT2D eigenvalue weighted by Crippen LogP contribution is -2.34. The third-order valence-electron chi connectivity index (χ3n) is 6.71. The molecule has 1 saturated heterocycles. The third kappa shape index (κ3) is 4.30. The maximum atomic E-state index is 10.5. The molecule has 0 aliphatic carbocycles. The monoisotopic (exact) mass is 410 g/mol. The summed E-state index contributed by atoms with van der Waals surface area (Å²) in [5, 5.41) is 11.9. The lowest BCUT2D eigenvalue weighted by atomic mass is 9.86. The second kappa shape index (κ2) is 9.09. The van der Waals surface area contributed by atoms with Crippen molar-refractivity contribution in [1.29, 1.82) is 0 Å². The molecule has 1 unspecified atom stereocenters. The number of para-hydroxylation sites is 1. The van der Waals surface area contributed by atoms with Crippen molar-refractivity contribution < 1.29 is 5.11 Å². The number of benzene rings is 3. The summed E-state index contributed by atoms with van der Waals surface area (Å²) in [5.74, 6) is 0.557. The highest BCUT2D eigenvalue weighted by atomic mass is 16.3. The van der Waals surface area contributed by atoms with Gasteiger partial charge in [-0.1, -0.05) is 78.9 Å². The number of piperidine rings is 1. The topological polar surface area (TPSA) is 39.3 Å². The van der Waals surface area contributed by atoms with Crippen molar-refractivity contribution in [1.82, 2.24) is 9.88 Å². The third-order valence-corrected chi connectivity index (χ3v) is 6.71. The molecule has 1 aliphatic rings. The molecule has 0 amide bonds. The molecule has 2 heterocycles. The van der Waals surface area contributed by atoms with E-state index < -0.39 is 0 Å². The number of aliphatic hydroxyl groups is 1. The van der Waals surface area contributed by atoms with Crippen LogP contribution in [0.4, 0.5) is 0 Å². The molecular formula is C28H30N2O. The fourth-order valence-corrected chi connectivity index (χ4v) is 5.01. The van der Waals surface area contributed by atoms with Crippen LogP contribution in [0.3, 0.4) is 0 Å². The summed E-state index contributed by atoms with van der Waals surface area (Å²) in [6, 6.07) is 29.4. The lowest BCUT2D eigenvalue weighted by molar-refractivity contribution is 0.130. The number of fused-ring (bicyclic) bond motifs is 1. The molecule has 2 N–H and O–H groups in total. The number of hydrogen-bond donors (Lipinski definition) is 2. The van der Waals surface area contributed by atoms with Gasteiger partial charge in [0, 0.05) is 23.1 Å². The quantitative estimate of drug-likeness (QED) is 0.401. The lowest BCUT2D eigenvalue weighted by Gasteiger charge is -2.33. The zero-order valence-electron chi connectivity index (χ0n) is 17.9. The highest BCUT2D eigenvalue weighted by Crippen LogP contribution is 2.40. The van der Waals surface area contributed by atoms with Gasteiger partial charge in [0.25, 0.3) is 0 Å². The van der Waals surface area contributed by atoms with Crippen LogP contribution in [-0.4, -0.2) is 34.6 Å². The zero-order chi connectivity index (χ0) is 21.0. The number of nitrogens with zero attached hydrogens (tertiary/aromatic N) is 1. The predicted octanol–water partition coefficient (Wildman–Crippen LogP) is 6.14. The molecule has 3 aromatic carbocycles. The van der Waals surface area contributed by atoms with Gasteiger partial charge in [0.15, 0.2) is 0 Å². The van der Waals surface area contributed by atoms with E-state index in [1.807, 2.05) is 30.3 Å². The summed E-state index contributed by atoms with van der Waals surface area (Å²) in [6.07, 6.45) is 2.72. The highest BCUT2D eigenvalue weighted by Gasteiger charge is 2.26. The number of aromatic nitrogens is 1. The fraction of sp³-hybridized carbons (Fsp3) is 0.286. The molecule has 0 spiro atoms. The van der Waals surface area contributed by atoms with Crippen molar-refractivity contribution >= 4 is 10.9 Å². The van der Waals surface area contributed by atoms with Crippen LogP contribution in [0.15, 0.2) is 84.9 Å². The van der Waals surface area contributed by atoms with Gasteiger partial charge in [0.1, 0.15) is 0 Å². The molecule has 4 aromatic rings. The van der Waals surface area contributed by atoms with Crippen molar-refractivity contribution in [2.75, 3.05) is 19.6 Å². The number of rotatable bonds is 6. The Kier molecular flexibility index (Phi) is 5.88. The predicted molar refractivity (Wildman–Crippen MR) is 128 cm³/mol. The van der Waals surface area contributed by atoms with E-state index in [4.69, 9.17) is 0 Å². The number of likely N-dealkylation sites (tertiary alicyclic amines) is 1. The van der Waals surface area contributed by atoms with Crippen LogP contribution in [0.1, 0.15) is 42.4 Å². The van der Waals surface area contributed by atoms with Crippen LogP contribution in [0.2, 0.25) is 0 Å². The van der Waals surface area contributed by atoms with Crippen molar-refractivity contribution in [3.63, 3.8) is 0 Å². The second-order valence-electron chi connectivity index (χ2n) is 8.66. The first-order valence-corrected chi connectivity index (χ1v) is 11.4. The van der Waals surface area contributed by atoms with Crippen LogP contribution in [0.5, 0.6) is 0 Å². The Labute approximate surface area is 184 Å². The number of aliphatic hydroxyl groups excluding tert-OH is 1. The molecule has 0 radical (unpaired) electrons. The average Bonchev–Trinajstić information content (AvgIpc) is 3.24. The Morgan fingerprint density at radius 1 is 0.839 bits per heavy atom. The highest BCUT2D eigenvalue weighted by molar-refractivity contribution is 5.91. The molecule has 3 heteroatoms. The minimum absolute atomic E-state index is 0.378. The minimum atomic E-state index is -0.378. The van der Waals surface area contributed by atoms with E-state index in [-0.39, 0.29) is 6.10 Å². The molecule has 1 fully saturated rings. The Hall–Kier alpha value is -2.88. The van der Waals surface area contributed by atoms with Crippen LogP contribution < -0.4 is 0 Å². The largest absolute Gasteiger partial charge is 0.388 e. The van der Waals surface area contributed by atoms with Crippen LogP contribution in [0.25, 0.3) is 22.2 Å². The van der Waals surface area contributed by atoms with E-state index in [1.54, 1.807) is 0 Å². The summed E-state index contributed by atoms with van der Waals surface area (Å²) in [4.78, 5) is 6.21. The molecule has 31 heavy (non-hydrogen) atoms. The summed E-state index contributed by atoms with van der Waals surface area (Å²) in [5.41, 5.74) is 6.26. The Balaban J connectivity index is 1.30. The summed E-state index contributed by atoms with van der Waals surface area (Å²) in [6.45, 7) is 3.11. The van der Waals surface area contributed by atoms with E-state index in [0.29, 0.717) is 5.92 Å². The first-order valence-electron chi connectivity index (χ1n) is 11.4. The Morgan fingerprint density at radius 3 is 2.23 bits per heavy atom. The molecule has 0 bridgehead atoms. The van der Waals surface area contributed by atoms with Crippen molar-refractivity contribution in [2.24, 2.45) is 0 Å². The van der Waals surface area contributed by atoms with Crippen LogP contribution in [0, 0.1) is 0 Å². The van der Waals surface area contributed by atoms with Crippen LogP contribution in [-0.2, 0) is 0 Å². The number of H-pyrrole nitrogens is 1. The molecule has 158 valence electrons. The van der Waals surface area contributed by atoms with E-state index >= 15 is 0 Å². The Morgan fingerprint density at radius 2 is 1.48 bits per heavy atom. The van der Waals surface area contributed by atoms with Crippen LogP contribution >= 0.6 is 0 Å². The van der Waals surface area contributed by atoms with Gasteiger partial charge in [0.2, 0.25) is 0 Å². The molecule has 1 aliphatic heterocycles. The van der Waals surface area contributed by atoms with Crippen molar-refractivity contribution in [2.45, 2.75) is 31.3 Å². The molecule has 0 saturated carbocycles. The smallest absolute Gasteiger partial charge is 0.0802 e. The van der Waals surface area contributed by atoms with E-state index in [9.17, 15) is 5.11 Å². The van der Waals surface area contributed by atoms with Crippen molar-refractivity contribution in [3.05, 3.63) is 96.1 Å². The number of aromatic amines is 1. The van der Waals surface area contributed by atoms with Gasteiger partial charge >= 0.3 is 0 Å². The SMILES string of the molecule is OC(CCN1CCC(c2c(-c3ccccc3)[nH]c3ccccc23)CC1)c1ccccc1. The van der Waals surface area contributed by atoms with E-state index in [1.165, 1.54) is 27.7 Å². The van der Waals surface area contributed by atoms with Gasteiger partial charge in [-0.3, -0.25) is 0 Å². The maximum absolute atomic E-state index is 10.5. The standard InChI is InChI=1S/C28H30N2O/c31-26(21-9-3-1-4-10-21)17-20-30-18-15-22(16-19-30)27-24-13-7-8-14-25(24)29-28(27)23-11-5-2-6-12-23/h1-14,22,26,29,31H,15-20H2. The van der Waals surface area contributed by atoms with Crippen molar-refractivity contribution in [3.8, 4) is 11.3 Å². The summed E-state index contributed by atoms with van der Waals surface area (Å²) < 4.78 is 0. The van der Waals surface area contributed by atoms with Gasteiger partial charge < -0.3 is 15.0 Å². The molecule has 3 nitrogen and oxygen atoms in total. The summed E-state index contributed by atoms with van der Waals surface area (Å²) in [7, 11) is 0. The summed E-state index contributed by atoms with van der Waals surface area (Å²) >= 11 is 0. The van der Waals surface area contributed by atoms with Gasteiger partial charge in [0.05, 0.1) is 6.10 Å². The minimum Gasteiger partial charge on any atom is -0.388 e. The second-order valence-corrected chi connectivity index (χ2v) is 8.66. The molecule has 1 aromatic heterocycles. The maximum Gasteiger partial charge on any atom is 0.0802 e. The fourth-order valence-electron chi connectivity index (χ4n) is 5.01. The molecule has 1 atom stereocenters. The zero-order valence-corrected chi connectivity index (χ0v) is 17.9. The molecule has 5 rings (SSSR count). The van der Waals surface area contributed by atoms with Gasteiger partial charge in [-0.2, -0.15) is 0 Å². The van der Waals surface area contributed by atoms with E-state index in [2.05, 4.69) is 64.5 Å². The first-order chi connectivity index (χ1) is 15.3. The van der Waals surface area contributed by atoms with Gasteiger partial charge in [-0.05, 0) is 61.0 Å². The van der Waals surface area contributed by atoms with Gasteiger partial charge in [-0.15, -0.1) is 0 Å².